The first-order valence-electron chi connectivity index (χ1n) is 8.35. The quantitative estimate of drug-likeness (QED) is 0.513. The third kappa shape index (κ3) is 4.61. The number of unbranched alkanes of at least 4 members (excludes halogenated alkanes) is 1. The second kappa shape index (κ2) is 8.20. The van der Waals surface area contributed by atoms with Crippen LogP contribution in [0.5, 0.6) is 11.5 Å². The van der Waals surface area contributed by atoms with Crippen LogP contribution >= 0.6 is 0 Å². The number of carbonyl (C=O) groups is 1. The predicted molar refractivity (Wildman–Crippen MR) is 86.2 cm³/mol. The second-order valence-corrected chi connectivity index (χ2v) is 6.36. The Labute approximate surface area is 138 Å². The van der Waals surface area contributed by atoms with Gasteiger partial charge in [0, 0.05) is 18.8 Å². The van der Waals surface area contributed by atoms with Gasteiger partial charge in [0.05, 0.1) is 39.4 Å². The number of quaternary nitrogens is 1. The minimum Gasteiger partial charge on any atom is -0.550 e. The van der Waals surface area contributed by atoms with Crippen LogP contribution in [0.25, 0.3) is 0 Å². The first-order valence-corrected chi connectivity index (χ1v) is 8.35. The fourth-order valence-electron chi connectivity index (χ4n) is 3.62. The number of carboxylic acid groups (broad SMARTS) is 1. The van der Waals surface area contributed by atoms with Crippen LogP contribution in [0.2, 0.25) is 0 Å². The molecule has 0 bridgehead atoms. The first-order chi connectivity index (χ1) is 11.1. The highest BCUT2D eigenvalue weighted by Crippen LogP contribution is 2.34. The van der Waals surface area contributed by atoms with Crippen molar-refractivity contribution in [2.24, 2.45) is 0 Å². The molecule has 0 spiro atoms. The van der Waals surface area contributed by atoms with Crippen LogP contribution in [0.4, 0.5) is 0 Å². The summed E-state index contributed by atoms with van der Waals surface area (Å²) in [5.41, 5.74) is 1.16. The second-order valence-electron chi connectivity index (χ2n) is 6.36. The van der Waals surface area contributed by atoms with Crippen molar-refractivity contribution in [2.75, 3.05) is 33.9 Å². The molecule has 1 heterocycles. The van der Waals surface area contributed by atoms with Crippen LogP contribution in [0.15, 0.2) is 18.2 Å². The molecule has 0 aromatic heterocycles. The van der Waals surface area contributed by atoms with E-state index in [1.165, 1.54) is 12.8 Å². The molecule has 0 unspecified atom stereocenters. The minimum atomic E-state index is -0.951. The average Bonchev–Trinajstić information content (AvgIpc) is 3.00. The van der Waals surface area contributed by atoms with Gasteiger partial charge in [-0.3, -0.25) is 0 Å². The van der Waals surface area contributed by atoms with Gasteiger partial charge >= 0.3 is 0 Å². The number of hydrogen-bond donors (Lipinski definition) is 0. The van der Waals surface area contributed by atoms with Crippen LogP contribution < -0.4 is 14.6 Å². The molecule has 1 fully saturated rings. The number of hydrogen-bond acceptors (Lipinski definition) is 4. The molecule has 1 aliphatic heterocycles. The van der Waals surface area contributed by atoms with Gasteiger partial charge in [-0.1, -0.05) is 6.07 Å². The number of likely N-dealkylation sites (tertiary alicyclic amines) is 1. The molecular formula is C18H27NO4. The Morgan fingerprint density at radius 1 is 1.17 bits per heavy atom. The summed E-state index contributed by atoms with van der Waals surface area (Å²) in [5, 5.41) is 10.6. The molecule has 0 N–H and O–H groups in total. The smallest absolute Gasteiger partial charge is 0.169 e. The van der Waals surface area contributed by atoms with Gasteiger partial charge in [0.25, 0.3) is 0 Å². The Morgan fingerprint density at radius 3 is 2.52 bits per heavy atom. The summed E-state index contributed by atoms with van der Waals surface area (Å²) in [6.07, 6.45) is 4.22. The van der Waals surface area contributed by atoms with Crippen molar-refractivity contribution in [1.82, 2.24) is 0 Å². The number of nitrogens with zero attached hydrogens (tertiary/aromatic N) is 1. The minimum absolute atomic E-state index is 0.155. The van der Waals surface area contributed by atoms with Crippen molar-refractivity contribution in [3.05, 3.63) is 23.8 Å². The molecule has 1 aromatic carbocycles. The van der Waals surface area contributed by atoms with Crippen molar-refractivity contribution < 1.29 is 23.9 Å². The Kier molecular flexibility index (Phi) is 6.28. The third-order valence-electron chi connectivity index (χ3n) is 4.77. The van der Waals surface area contributed by atoms with E-state index >= 15 is 0 Å². The standard InChI is InChI=1S/C18H27NO4/c1-22-16-9-7-8-15(18(16)23-2)14-19(12-5-6-13-19)11-4-3-10-17(20)21/h7-9H,3-6,10-14H2,1-2H3. The zero-order valence-corrected chi connectivity index (χ0v) is 14.2. The zero-order valence-electron chi connectivity index (χ0n) is 14.2. The fraction of sp³-hybridized carbons (Fsp3) is 0.611. The zero-order chi connectivity index (χ0) is 16.7. The summed E-state index contributed by atoms with van der Waals surface area (Å²) in [4.78, 5) is 10.6. The molecule has 0 radical (unpaired) electrons. The van der Waals surface area contributed by atoms with E-state index in [0.29, 0.717) is 6.42 Å². The molecule has 23 heavy (non-hydrogen) atoms. The van der Waals surface area contributed by atoms with Crippen LogP contribution in [-0.4, -0.2) is 44.3 Å². The van der Waals surface area contributed by atoms with E-state index in [2.05, 4.69) is 6.07 Å². The van der Waals surface area contributed by atoms with Crippen LogP contribution in [0.3, 0.4) is 0 Å². The predicted octanol–water partition coefficient (Wildman–Crippen LogP) is 1.73. The lowest BCUT2D eigenvalue weighted by Crippen LogP contribution is -2.45. The average molecular weight is 321 g/mol. The summed E-state index contributed by atoms with van der Waals surface area (Å²) in [6.45, 7) is 4.21. The SMILES string of the molecule is COc1cccc(C[N+]2(CCCCC(=O)[O-])CCCC2)c1OC. The molecule has 0 atom stereocenters. The number of methoxy groups -OCH3 is 2. The molecule has 5 heteroatoms. The van der Waals surface area contributed by atoms with Gasteiger partial charge in [-0.05, 0) is 31.4 Å². The summed E-state index contributed by atoms with van der Waals surface area (Å²) in [6, 6.07) is 6.01. The summed E-state index contributed by atoms with van der Waals surface area (Å²) >= 11 is 0. The molecule has 5 nitrogen and oxygen atoms in total. The van der Waals surface area contributed by atoms with E-state index in [9.17, 15) is 9.90 Å². The maximum Gasteiger partial charge on any atom is 0.169 e. The Balaban J connectivity index is 2.08. The van der Waals surface area contributed by atoms with Crippen molar-refractivity contribution in [1.29, 1.82) is 0 Å². The van der Waals surface area contributed by atoms with Crippen LogP contribution in [-0.2, 0) is 11.3 Å². The van der Waals surface area contributed by atoms with Gasteiger partial charge < -0.3 is 23.9 Å². The van der Waals surface area contributed by atoms with Crippen molar-refractivity contribution >= 4 is 5.97 Å². The molecule has 1 aromatic rings. The largest absolute Gasteiger partial charge is 0.550 e. The number of rotatable bonds is 9. The Bertz CT molecular complexity index is 524. The molecule has 2 rings (SSSR count). The van der Waals surface area contributed by atoms with E-state index in [1.807, 2.05) is 12.1 Å². The highest BCUT2D eigenvalue weighted by atomic mass is 16.5. The summed E-state index contributed by atoms with van der Waals surface area (Å²) < 4.78 is 12.0. The van der Waals surface area contributed by atoms with E-state index in [1.54, 1.807) is 14.2 Å². The number of carboxylic acids is 1. The number of carbonyl (C=O) groups excluding carboxylic acids is 1. The Hall–Kier alpha value is -1.75. The van der Waals surface area contributed by atoms with E-state index < -0.39 is 5.97 Å². The molecular weight excluding hydrogens is 294 g/mol. The molecule has 0 amide bonds. The molecule has 1 aliphatic rings. The first kappa shape index (κ1) is 17.6. The van der Waals surface area contributed by atoms with Crippen LogP contribution in [0.1, 0.15) is 37.7 Å². The van der Waals surface area contributed by atoms with Crippen molar-refractivity contribution in [2.45, 2.75) is 38.6 Å². The number of benzene rings is 1. The normalized spacial score (nSPS) is 16.3. The third-order valence-corrected chi connectivity index (χ3v) is 4.77. The lowest BCUT2D eigenvalue weighted by molar-refractivity contribution is -0.930. The summed E-state index contributed by atoms with van der Waals surface area (Å²) in [5.74, 6) is 0.626. The molecule has 0 aliphatic carbocycles. The van der Waals surface area contributed by atoms with Crippen molar-refractivity contribution in [3.63, 3.8) is 0 Å². The fourth-order valence-corrected chi connectivity index (χ4v) is 3.62. The van der Waals surface area contributed by atoms with Gasteiger partial charge in [-0.2, -0.15) is 0 Å². The van der Waals surface area contributed by atoms with E-state index in [0.717, 1.165) is 54.1 Å². The molecule has 128 valence electrons. The van der Waals surface area contributed by atoms with E-state index in [-0.39, 0.29) is 6.42 Å². The monoisotopic (exact) mass is 321 g/mol. The summed E-state index contributed by atoms with van der Waals surface area (Å²) in [7, 11) is 3.33. The molecule has 1 saturated heterocycles. The number of aliphatic carboxylic acids is 1. The number of ether oxygens (including phenoxy) is 2. The lowest BCUT2D eigenvalue weighted by Gasteiger charge is -2.35. The molecule has 0 saturated carbocycles. The number of para-hydroxylation sites is 1. The van der Waals surface area contributed by atoms with Crippen LogP contribution in [0, 0.1) is 0 Å². The Morgan fingerprint density at radius 2 is 1.91 bits per heavy atom. The van der Waals surface area contributed by atoms with Crippen molar-refractivity contribution in [3.8, 4) is 11.5 Å². The lowest BCUT2D eigenvalue weighted by atomic mass is 10.1. The highest BCUT2D eigenvalue weighted by Gasteiger charge is 2.32. The highest BCUT2D eigenvalue weighted by molar-refractivity contribution is 5.64. The van der Waals surface area contributed by atoms with Gasteiger partial charge in [0.1, 0.15) is 6.54 Å². The van der Waals surface area contributed by atoms with Gasteiger partial charge in [0.15, 0.2) is 11.5 Å². The van der Waals surface area contributed by atoms with Gasteiger partial charge in [-0.15, -0.1) is 0 Å². The van der Waals surface area contributed by atoms with Gasteiger partial charge in [-0.25, -0.2) is 0 Å². The maximum atomic E-state index is 10.6. The maximum absolute atomic E-state index is 10.6. The van der Waals surface area contributed by atoms with Gasteiger partial charge in [0.2, 0.25) is 0 Å². The topological polar surface area (TPSA) is 58.6 Å². The van der Waals surface area contributed by atoms with E-state index in [4.69, 9.17) is 9.47 Å².